The van der Waals surface area contributed by atoms with E-state index in [1.165, 1.54) is 7.11 Å². The van der Waals surface area contributed by atoms with Crippen molar-refractivity contribution in [3.05, 3.63) is 35.9 Å². The highest BCUT2D eigenvalue weighted by atomic mass is 16.5. The highest BCUT2D eigenvalue weighted by Crippen LogP contribution is 2.11. The van der Waals surface area contributed by atoms with Gasteiger partial charge in [-0.1, -0.05) is 37.3 Å². The number of nitrogens with one attached hydrogen (secondary N) is 2. The molecule has 1 aliphatic heterocycles. The van der Waals surface area contributed by atoms with Gasteiger partial charge >= 0.3 is 6.09 Å². The molecular weight excluding hydrogens is 318 g/mol. The molecule has 0 aliphatic carbocycles. The fourth-order valence-corrected chi connectivity index (χ4v) is 3.18. The SMILES string of the molecule is CCCN1CCC(NC(=O)[C@@H](Cc2ccccc2)NC(=O)OC)CC1. The predicted octanol–water partition coefficient (Wildman–Crippen LogP) is 1.94. The Bertz CT molecular complexity index is 542. The zero-order valence-electron chi connectivity index (χ0n) is 15.2. The number of likely N-dealkylation sites (tertiary alicyclic amines) is 1. The zero-order chi connectivity index (χ0) is 18.1. The van der Waals surface area contributed by atoms with E-state index in [9.17, 15) is 9.59 Å². The number of nitrogens with zero attached hydrogens (tertiary/aromatic N) is 1. The summed E-state index contributed by atoms with van der Waals surface area (Å²) < 4.78 is 4.66. The van der Waals surface area contributed by atoms with Crippen LogP contribution in [0.3, 0.4) is 0 Å². The second-order valence-electron chi connectivity index (χ2n) is 6.50. The maximum absolute atomic E-state index is 12.7. The third-order valence-electron chi connectivity index (χ3n) is 4.55. The third kappa shape index (κ3) is 6.38. The van der Waals surface area contributed by atoms with Crippen molar-refractivity contribution in [2.75, 3.05) is 26.7 Å². The van der Waals surface area contributed by atoms with Crippen LogP contribution in [0.1, 0.15) is 31.7 Å². The lowest BCUT2D eigenvalue weighted by Crippen LogP contribution is -2.53. The van der Waals surface area contributed by atoms with Crippen molar-refractivity contribution in [1.29, 1.82) is 0 Å². The highest BCUT2D eigenvalue weighted by Gasteiger charge is 2.26. The van der Waals surface area contributed by atoms with Gasteiger partial charge in [-0.15, -0.1) is 0 Å². The summed E-state index contributed by atoms with van der Waals surface area (Å²) in [6.07, 6.45) is 2.90. The number of methoxy groups -OCH3 is 1. The van der Waals surface area contributed by atoms with E-state index in [2.05, 4.69) is 27.2 Å². The number of ether oxygens (including phenoxy) is 1. The zero-order valence-corrected chi connectivity index (χ0v) is 15.2. The molecule has 1 aromatic rings. The van der Waals surface area contributed by atoms with Crippen LogP contribution in [-0.2, 0) is 16.0 Å². The number of rotatable bonds is 7. The first-order chi connectivity index (χ1) is 12.1. The first kappa shape index (κ1) is 19.2. The second-order valence-corrected chi connectivity index (χ2v) is 6.50. The summed E-state index contributed by atoms with van der Waals surface area (Å²) in [4.78, 5) is 26.7. The van der Waals surface area contributed by atoms with Gasteiger partial charge in [-0.25, -0.2) is 4.79 Å². The Balaban J connectivity index is 1.92. The lowest BCUT2D eigenvalue weighted by atomic mass is 10.0. The monoisotopic (exact) mass is 347 g/mol. The molecule has 2 rings (SSSR count). The molecule has 1 aliphatic rings. The Morgan fingerprint density at radius 3 is 2.52 bits per heavy atom. The molecule has 1 atom stereocenters. The summed E-state index contributed by atoms with van der Waals surface area (Å²) in [5, 5.41) is 5.75. The van der Waals surface area contributed by atoms with Gasteiger partial charge in [-0.3, -0.25) is 4.79 Å². The number of hydrogen-bond donors (Lipinski definition) is 2. The van der Waals surface area contributed by atoms with Crippen LogP contribution >= 0.6 is 0 Å². The van der Waals surface area contributed by atoms with Crippen molar-refractivity contribution in [3.63, 3.8) is 0 Å². The molecule has 0 unspecified atom stereocenters. The lowest BCUT2D eigenvalue weighted by Gasteiger charge is -2.32. The minimum Gasteiger partial charge on any atom is -0.453 e. The molecule has 0 radical (unpaired) electrons. The number of carbonyl (C=O) groups is 2. The molecule has 1 fully saturated rings. The summed E-state index contributed by atoms with van der Waals surface area (Å²) in [5.74, 6) is -0.150. The Hall–Kier alpha value is -2.08. The van der Waals surface area contributed by atoms with Crippen molar-refractivity contribution >= 4 is 12.0 Å². The number of carbonyl (C=O) groups excluding carboxylic acids is 2. The summed E-state index contributed by atoms with van der Waals surface area (Å²) in [6.45, 7) is 5.31. The summed E-state index contributed by atoms with van der Waals surface area (Å²) in [7, 11) is 1.30. The topological polar surface area (TPSA) is 70.7 Å². The van der Waals surface area contributed by atoms with Gasteiger partial charge in [-0.2, -0.15) is 0 Å². The van der Waals surface area contributed by atoms with Gasteiger partial charge in [0.05, 0.1) is 7.11 Å². The van der Waals surface area contributed by atoms with Crippen LogP contribution < -0.4 is 10.6 Å². The van der Waals surface area contributed by atoms with Gasteiger partial charge in [0.15, 0.2) is 0 Å². The van der Waals surface area contributed by atoms with Gasteiger partial charge < -0.3 is 20.3 Å². The van der Waals surface area contributed by atoms with Crippen molar-refractivity contribution < 1.29 is 14.3 Å². The molecule has 138 valence electrons. The predicted molar refractivity (Wildman–Crippen MR) is 97.4 cm³/mol. The maximum atomic E-state index is 12.7. The van der Waals surface area contributed by atoms with E-state index >= 15 is 0 Å². The van der Waals surface area contributed by atoms with E-state index in [-0.39, 0.29) is 11.9 Å². The summed E-state index contributed by atoms with van der Waals surface area (Å²) in [6, 6.07) is 9.20. The van der Waals surface area contributed by atoms with E-state index in [0.29, 0.717) is 6.42 Å². The minimum absolute atomic E-state index is 0.150. The average Bonchev–Trinajstić information content (AvgIpc) is 2.63. The van der Waals surface area contributed by atoms with Crippen LogP contribution in [0.2, 0.25) is 0 Å². The van der Waals surface area contributed by atoms with Crippen LogP contribution in [-0.4, -0.2) is 55.7 Å². The van der Waals surface area contributed by atoms with Crippen LogP contribution in [0, 0.1) is 0 Å². The van der Waals surface area contributed by atoms with Crippen molar-refractivity contribution in [1.82, 2.24) is 15.5 Å². The fraction of sp³-hybridized carbons (Fsp3) is 0.579. The molecule has 1 aromatic carbocycles. The van der Waals surface area contributed by atoms with Gasteiger partial charge in [0, 0.05) is 25.6 Å². The normalized spacial score (nSPS) is 16.9. The van der Waals surface area contributed by atoms with Crippen LogP contribution in [0.4, 0.5) is 4.79 Å². The van der Waals surface area contributed by atoms with E-state index in [4.69, 9.17) is 0 Å². The van der Waals surface area contributed by atoms with E-state index in [1.54, 1.807) is 0 Å². The summed E-state index contributed by atoms with van der Waals surface area (Å²) in [5.41, 5.74) is 0.997. The minimum atomic E-state index is -0.636. The van der Waals surface area contributed by atoms with Crippen molar-refractivity contribution in [2.45, 2.75) is 44.7 Å². The van der Waals surface area contributed by atoms with Crippen LogP contribution in [0.5, 0.6) is 0 Å². The molecule has 1 heterocycles. The first-order valence-electron chi connectivity index (χ1n) is 9.03. The Morgan fingerprint density at radius 2 is 1.92 bits per heavy atom. The molecule has 2 N–H and O–H groups in total. The lowest BCUT2D eigenvalue weighted by molar-refractivity contribution is -0.124. The van der Waals surface area contributed by atoms with Crippen molar-refractivity contribution in [3.8, 4) is 0 Å². The number of amides is 2. The van der Waals surface area contributed by atoms with Gasteiger partial charge in [0.25, 0.3) is 0 Å². The van der Waals surface area contributed by atoms with E-state index in [0.717, 1.165) is 44.5 Å². The molecule has 0 spiro atoms. The molecule has 6 heteroatoms. The van der Waals surface area contributed by atoms with Gasteiger partial charge in [0.1, 0.15) is 6.04 Å². The first-order valence-corrected chi connectivity index (χ1v) is 9.03. The number of benzene rings is 1. The molecule has 0 saturated carbocycles. The largest absolute Gasteiger partial charge is 0.453 e. The smallest absolute Gasteiger partial charge is 0.407 e. The molecule has 6 nitrogen and oxygen atoms in total. The fourth-order valence-electron chi connectivity index (χ4n) is 3.18. The molecule has 1 saturated heterocycles. The molecular formula is C19H29N3O3. The number of hydrogen-bond acceptors (Lipinski definition) is 4. The quantitative estimate of drug-likeness (QED) is 0.791. The van der Waals surface area contributed by atoms with E-state index in [1.807, 2.05) is 30.3 Å². The Kier molecular flexibility index (Phi) is 7.73. The van der Waals surface area contributed by atoms with Gasteiger partial charge in [0.2, 0.25) is 5.91 Å². The summed E-state index contributed by atoms with van der Waals surface area (Å²) >= 11 is 0. The third-order valence-corrected chi connectivity index (χ3v) is 4.55. The number of alkyl carbamates (subject to hydrolysis) is 1. The Morgan fingerprint density at radius 1 is 1.24 bits per heavy atom. The highest BCUT2D eigenvalue weighted by molar-refractivity contribution is 5.86. The van der Waals surface area contributed by atoms with Crippen LogP contribution in [0.25, 0.3) is 0 Å². The maximum Gasteiger partial charge on any atom is 0.407 e. The molecule has 0 bridgehead atoms. The average molecular weight is 347 g/mol. The second kappa shape index (κ2) is 10.0. The molecule has 2 amide bonds. The number of piperidine rings is 1. The Labute approximate surface area is 149 Å². The molecule has 25 heavy (non-hydrogen) atoms. The van der Waals surface area contributed by atoms with Gasteiger partial charge in [-0.05, 0) is 31.4 Å². The van der Waals surface area contributed by atoms with Crippen LogP contribution in [0.15, 0.2) is 30.3 Å². The molecule has 0 aromatic heterocycles. The van der Waals surface area contributed by atoms with E-state index < -0.39 is 12.1 Å². The standard InChI is InChI=1S/C19H29N3O3/c1-3-11-22-12-9-16(10-13-22)20-18(23)17(21-19(24)25-2)14-15-7-5-4-6-8-15/h4-8,16-17H,3,9-14H2,1-2H3,(H,20,23)(H,21,24)/t17-/m1/s1. The van der Waals surface area contributed by atoms with Crippen molar-refractivity contribution in [2.24, 2.45) is 0 Å².